The van der Waals surface area contributed by atoms with Crippen LogP contribution < -0.4 is 15.4 Å². The first-order valence-electron chi connectivity index (χ1n) is 9.87. The molecule has 0 radical (unpaired) electrons. The van der Waals surface area contributed by atoms with E-state index in [1.165, 1.54) is 17.0 Å². The summed E-state index contributed by atoms with van der Waals surface area (Å²) in [5.41, 5.74) is -0.430. The number of ether oxygens (including phenoxy) is 1. The van der Waals surface area contributed by atoms with E-state index in [0.717, 1.165) is 19.2 Å². The maximum Gasteiger partial charge on any atom is 0.261 e. The lowest BCUT2D eigenvalue weighted by Gasteiger charge is -2.29. The van der Waals surface area contributed by atoms with Gasteiger partial charge in [0.25, 0.3) is 17.7 Å². The molecule has 2 heterocycles. The fraction of sp³-hybridized carbons (Fsp3) is 0.227. The van der Waals surface area contributed by atoms with Crippen molar-refractivity contribution in [1.82, 2.24) is 15.5 Å². The van der Waals surface area contributed by atoms with E-state index in [2.05, 4.69) is 10.1 Å². The molecule has 2 N–H and O–H groups in total. The number of carbonyl (C=O) groups excluding carboxylic acids is 5. The van der Waals surface area contributed by atoms with Gasteiger partial charge in [-0.15, -0.1) is 0 Å². The minimum absolute atomic E-state index is 0.00566. The molecule has 1 saturated heterocycles. The third-order valence-corrected chi connectivity index (χ3v) is 5.54. The number of fused-ring (bicyclic) bond motifs is 1. The molecule has 33 heavy (non-hydrogen) atoms. The number of halogens is 2. The van der Waals surface area contributed by atoms with Crippen LogP contribution >= 0.6 is 0 Å². The van der Waals surface area contributed by atoms with Gasteiger partial charge in [0.1, 0.15) is 6.04 Å². The van der Waals surface area contributed by atoms with Gasteiger partial charge in [-0.05, 0) is 30.2 Å². The molecule has 9 nitrogen and oxygen atoms in total. The molecule has 0 bridgehead atoms. The zero-order valence-corrected chi connectivity index (χ0v) is 17.2. The van der Waals surface area contributed by atoms with E-state index >= 15 is 0 Å². The van der Waals surface area contributed by atoms with E-state index in [4.69, 9.17) is 0 Å². The predicted molar refractivity (Wildman–Crippen MR) is 107 cm³/mol. The monoisotopic (exact) mass is 457 g/mol. The smallest absolute Gasteiger partial charge is 0.261 e. The van der Waals surface area contributed by atoms with Crippen LogP contribution in [0.2, 0.25) is 0 Å². The van der Waals surface area contributed by atoms with Crippen LogP contribution in [0.1, 0.15) is 49.5 Å². The van der Waals surface area contributed by atoms with Crippen LogP contribution in [-0.2, 0) is 16.1 Å². The van der Waals surface area contributed by atoms with Gasteiger partial charge in [-0.2, -0.15) is 4.39 Å². The predicted octanol–water partition coefficient (Wildman–Crippen LogP) is 1.30. The first-order valence-corrected chi connectivity index (χ1v) is 9.87. The molecule has 2 aliphatic rings. The first-order chi connectivity index (χ1) is 15.7. The number of nitrogens with zero attached hydrogens (tertiary/aromatic N) is 1. The van der Waals surface area contributed by atoms with Crippen LogP contribution in [0.15, 0.2) is 30.3 Å². The molecular formula is C22H17F2N3O6. The van der Waals surface area contributed by atoms with Crippen molar-refractivity contribution in [3.05, 3.63) is 64.2 Å². The molecule has 1 unspecified atom stereocenters. The van der Waals surface area contributed by atoms with Crippen LogP contribution in [0.4, 0.5) is 8.78 Å². The third-order valence-electron chi connectivity index (χ3n) is 5.54. The van der Waals surface area contributed by atoms with E-state index in [1.54, 1.807) is 6.07 Å². The quantitative estimate of drug-likeness (QED) is 0.668. The van der Waals surface area contributed by atoms with Gasteiger partial charge in [-0.3, -0.25) is 34.6 Å². The molecule has 1 fully saturated rings. The summed E-state index contributed by atoms with van der Waals surface area (Å²) in [6, 6.07) is 5.52. The van der Waals surface area contributed by atoms with Gasteiger partial charge in [0.15, 0.2) is 11.6 Å². The number of rotatable bonds is 4. The van der Waals surface area contributed by atoms with Crippen molar-refractivity contribution in [2.75, 3.05) is 7.11 Å². The number of piperidine rings is 1. The Kier molecular flexibility index (Phi) is 5.62. The zero-order chi connectivity index (χ0) is 23.9. The van der Waals surface area contributed by atoms with Crippen molar-refractivity contribution in [2.24, 2.45) is 0 Å². The minimum Gasteiger partial charge on any atom is -0.494 e. The van der Waals surface area contributed by atoms with E-state index in [-0.39, 0.29) is 30.5 Å². The molecule has 170 valence electrons. The normalized spacial score (nSPS) is 17.5. The van der Waals surface area contributed by atoms with Crippen molar-refractivity contribution < 1.29 is 37.5 Å². The zero-order valence-electron chi connectivity index (χ0n) is 17.2. The summed E-state index contributed by atoms with van der Waals surface area (Å²) in [6.07, 6.45) is 0.217. The highest BCUT2D eigenvalue weighted by Gasteiger charge is 2.40. The Hall–Kier alpha value is -4.15. The maximum atomic E-state index is 14.2. The number of benzene rings is 2. The molecule has 2 aromatic rings. The van der Waals surface area contributed by atoms with Gasteiger partial charge >= 0.3 is 0 Å². The van der Waals surface area contributed by atoms with Crippen LogP contribution in [0.25, 0.3) is 0 Å². The Labute approximate surface area is 185 Å². The Morgan fingerprint density at radius 1 is 1.06 bits per heavy atom. The molecule has 2 aliphatic heterocycles. The van der Waals surface area contributed by atoms with Crippen molar-refractivity contribution in [1.29, 1.82) is 0 Å². The third kappa shape index (κ3) is 3.81. The van der Waals surface area contributed by atoms with Gasteiger partial charge < -0.3 is 9.64 Å². The number of nitrogens with one attached hydrogen (secondary N) is 2. The summed E-state index contributed by atoms with van der Waals surface area (Å²) < 4.78 is 32.8. The molecule has 0 saturated carbocycles. The van der Waals surface area contributed by atoms with Gasteiger partial charge in [0.2, 0.25) is 17.6 Å². The first kappa shape index (κ1) is 22.1. The van der Waals surface area contributed by atoms with Crippen molar-refractivity contribution in [3.63, 3.8) is 0 Å². The highest BCUT2D eigenvalue weighted by atomic mass is 19.2. The number of hydrogen-bond donors (Lipinski definition) is 2. The minimum atomic E-state index is -1.49. The highest BCUT2D eigenvalue weighted by molar-refractivity contribution is 6.16. The molecule has 0 spiro atoms. The van der Waals surface area contributed by atoms with Crippen LogP contribution in [0, 0.1) is 11.6 Å². The summed E-state index contributed by atoms with van der Waals surface area (Å²) in [6.45, 7) is 0.0355. The fourth-order valence-electron chi connectivity index (χ4n) is 3.91. The van der Waals surface area contributed by atoms with Crippen molar-refractivity contribution >= 4 is 29.5 Å². The van der Waals surface area contributed by atoms with Crippen molar-refractivity contribution in [2.45, 2.75) is 25.4 Å². The molecule has 0 aliphatic carbocycles. The van der Waals surface area contributed by atoms with Crippen molar-refractivity contribution in [3.8, 4) is 5.75 Å². The van der Waals surface area contributed by atoms with Gasteiger partial charge in [-0.1, -0.05) is 12.1 Å². The second-order valence-corrected chi connectivity index (χ2v) is 7.47. The van der Waals surface area contributed by atoms with Gasteiger partial charge in [0, 0.05) is 13.0 Å². The van der Waals surface area contributed by atoms with E-state index in [9.17, 15) is 32.8 Å². The summed E-state index contributed by atoms with van der Waals surface area (Å²) in [5.74, 6) is -7.12. The SMILES string of the molecule is COc1ccc(C(=O)NC(=O)c2cccc3c2C(=O)N(C2CCC(=O)NC2=O)C3)c(F)c1F. The molecule has 4 rings (SSSR count). The molecule has 0 aromatic heterocycles. The Balaban J connectivity index is 1.57. The maximum absolute atomic E-state index is 14.2. The van der Waals surface area contributed by atoms with E-state index < -0.39 is 58.5 Å². The number of imide groups is 2. The number of amides is 5. The molecular weight excluding hydrogens is 440 g/mol. The Bertz CT molecular complexity index is 1230. The molecule has 2 aromatic carbocycles. The number of methoxy groups -OCH3 is 1. The highest BCUT2D eigenvalue weighted by Crippen LogP contribution is 2.30. The molecule has 5 amide bonds. The van der Waals surface area contributed by atoms with Crippen LogP contribution in [0.5, 0.6) is 5.75 Å². The summed E-state index contributed by atoms with van der Waals surface area (Å²) in [5, 5.41) is 4.14. The lowest BCUT2D eigenvalue weighted by atomic mass is 10.0. The van der Waals surface area contributed by atoms with Crippen LogP contribution in [0.3, 0.4) is 0 Å². The topological polar surface area (TPSA) is 122 Å². The average Bonchev–Trinajstić information content (AvgIpc) is 3.11. The fourth-order valence-corrected chi connectivity index (χ4v) is 3.91. The Morgan fingerprint density at radius 3 is 2.48 bits per heavy atom. The van der Waals surface area contributed by atoms with Gasteiger partial charge in [0.05, 0.1) is 23.8 Å². The summed E-state index contributed by atoms with van der Waals surface area (Å²) in [7, 11) is 1.13. The standard InChI is InChI=1S/C22H17F2N3O6/c1-33-14-7-5-12(17(23)18(14)24)20(30)26-19(29)11-4-2-3-10-9-27(22(32)16(10)11)13-6-8-15(28)25-21(13)31/h2-5,7,13H,6,8-9H2,1H3,(H,25,28,31)(H,26,29,30). The second-order valence-electron chi connectivity index (χ2n) is 7.47. The number of carbonyl (C=O) groups is 5. The van der Waals surface area contributed by atoms with Gasteiger partial charge in [-0.25, -0.2) is 4.39 Å². The van der Waals surface area contributed by atoms with Crippen LogP contribution in [-0.4, -0.2) is 47.6 Å². The van der Waals surface area contributed by atoms with E-state index in [0.29, 0.717) is 5.56 Å². The summed E-state index contributed by atoms with van der Waals surface area (Å²) >= 11 is 0. The average molecular weight is 457 g/mol. The number of hydrogen-bond acceptors (Lipinski definition) is 6. The lowest BCUT2D eigenvalue weighted by Crippen LogP contribution is -2.52. The molecule has 11 heteroatoms. The largest absolute Gasteiger partial charge is 0.494 e. The van der Waals surface area contributed by atoms with E-state index in [1.807, 2.05) is 5.32 Å². The second kappa shape index (κ2) is 8.41. The lowest BCUT2D eigenvalue weighted by molar-refractivity contribution is -0.136. The summed E-state index contributed by atoms with van der Waals surface area (Å²) in [4.78, 5) is 63.1. The molecule has 1 atom stereocenters. The Morgan fingerprint density at radius 2 is 1.79 bits per heavy atom.